The van der Waals surface area contributed by atoms with Gasteiger partial charge in [0.25, 0.3) is 0 Å². The lowest BCUT2D eigenvalue weighted by Crippen LogP contribution is -2.05. The second-order valence-electron chi connectivity index (χ2n) is 4.61. The summed E-state index contributed by atoms with van der Waals surface area (Å²) in [5.41, 5.74) is 2.80. The van der Waals surface area contributed by atoms with Gasteiger partial charge in [0.05, 0.1) is 12.1 Å². The molecule has 0 atom stereocenters. The van der Waals surface area contributed by atoms with Crippen molar-refractivity contribution in [3.8, 4) is 0 Å². The lowest BCUT2D eigenvalue weighted by Gasteiger charge is -2.08. The summed E-state index contributed by atoms with van der Waals surface area (Å²) in [6.07, 6.45) is 1.81. The molecule has 0 aliphatic heterocycles. The van der Waals surface area contributed by atoms with Crippen LogP contribution in [0.1, 0.15) is 0 Å². The molecule has 106 valence electrons. The molecule has 1 heterocycles. The van der Waals surface area contributed by atoms with E-state index in [4.69, 9.17) is 5.11 Å². The van der Waals surface area contributed by atoms with Crippen molar-refractivity contribution < 1.29 is 5.11 Å². The van der Waals surface area contributed by atoms with Gasteiger partial charge in [-0.3, -0.25) is 0 Å². The zero-order valence-corrected chi connectivity index (χ0v) is 11.5. The highest BCUT2D eigenvalue weighted by atomic mass is 16.3. The molecule has 0 fully saturated rings. The standard InChI is InChI=1S/C16H16N4O/c21-10-9-17-13-5-7-14(8-6-13)19-16-18-11-12-3-1-2-4-15(12)20-16/h1-8,11,17,21H,9-10H2,(H,18,19,20). The van der Waals surface area contributed by atoms with Crippen LogP contribution in [-0.2, 0) is 0 Å². The average Bonchev–Trinajstić information content (AvgIpc) is 2.54. The Morgan fingerprint density at radius 2 is 1.71 bits per heavy atom. The van der Waals surface area contributed by atoms with Crippen LogP contribution in [0.4, 0.5) is 17.3 Å². The molecule has 5 heteroatoms. The van der Waals surface area contributed by atoms with Gasteiger partial charge >= 0.3 is 0 Å². The van der Waals surface area contributed by atoms with E-state index < -0.39 is 0 Å². The molecular weight excluding hydrogens is 264 g/mol. The fourth-order valence-corrected chi connectivity index (χ4v) is 2.03. The van der Waals surface area contributed by atoms with Gasteiger partial charge in [-0.05, 0) is 30.3 Å². The monoisotopic (exact) mass is 280 g/mol. The molecule has 0 unspecified atom stereocenters. The summed E-state index contributed by atoms with van der Waals surface area (Å²) >= 11 is 0. The predicted molar refractivity (Wildman–Crippen MR) is 84.8 cm³/mol. The molecule has 3 rings (SSSR count). The molecule has 1 aromatic heterocycles. The molecule has 3 N–H and O–H groups in total. The third kappa shape index (κ3) is 3.27. The fourth-order valence-electron chi connectivity index (χ4n) is 2.03. The lowest BCUT2D eigenvalue weighted by atomic mass is 10.2. The number of hydrogen-bond donors (Lipinski definition) is 3. The van der Waals surface area contributed by atoms with E-state index >= 15 is 0 Å². The quantitative estimate of drug-likeness (QED) is 0.670. The van der Waals surface area contributed by atoms with Crippen molar-refractivity contribution in [2.45, 2.75) is 0 Å². The molecule has 21 heavy (non-hydrogen) atoms. The van der Waals surface area contributed by atoms with Crippen LogP contribution in [0, 0.1) is 0 Å². The highest BCUT2D eigenvalue weighted by molar-refractivity contribution is 5.78. The minimum absolute atomic E-state index is 0.116. The van der Waals surface area contributed by atoms with Crippen LogP contribution in [0.15, 0.2) is 54.7 Å². The molecule has 0 saturated carbocycles. The summed E-state index contributed by atoms with van der Waals surface area (Å²) in [5, 5.41) is 16.1. The van der Waals surface area contributed by atoms with Gasteiger partial charge in [-0.2, -0.15) is 0 Å². The van der Waals surface area contributed by atoms with Crippen LogP contribution in [0.3, 0.4) is 0 Å². The second kappa shape index (κ2) is 6.19. The minimum Gasteiger partial charge on any atom is -0.395 e. The van der Waals surface area contributed by atoms with Gasteiger partial charge in [-0.1, -0.05) is 18.2 Å². The number of benzene rings is 2. The molecule has 0 aliphatic rings. The van der Waals surface area contributed by atoms with Gasteiger partial charge in [0, 0.05) is 29.5 Å². The number of para-hydroxylation sites is 1. The molecular formula is C16H16N4O. The number of nitrogens with one attached hydrogen (secondary N) is 2. The Labute approximate surface area is 122 Å². The number of anilines is 3. The third-order valence-electron chi connectivity index (χ3n) is 3.07. The normalized spacial score (nSPS) is 10.5. The maximum absolute atomic E-state index is 8.77. The summed E-state index contributed by atoms with van der Waals surface area (Å²) in [6.45, 7) is 0.658. The van der Waals surface area contributed by atoms with Crippen molar-refractivity contribution in [1.29, 1.82) is 0 Å². The number of nitrogens with zero attached hydrogens (tertiary/aromatic N) is 2. The van der Waals surface area contributed by atoms with E-state index in [2.05, 4.69) is 20.6 Å². The Balaban J connectivity index is 1.75. The van der Waals surface area contributed by atoms with Gasteiger partial charge < -0.3 is 15.7 Å². The minimum atomic E-state index is 0.116. The predicted octanol–water partition coefficient (Wildman–Crippen LogP) is 2.78. The van der Waals surface area contributed by atoms with Crippen molar-refractivity contribution in [2.24, 2.45) is 0 Å². The molecule has 0 radical (unpaired) electrons. The van der Waals surface area contributed by atoms with Crippen LogP contribution >= 0.6 is 0 Å². The molecule has 0 amide bonds. The number of hydrogen-bond acceptors (Lipinski definition) is 5. The van der Waals surface area contributed by atoms with E-state index in [0.717, 1.165) is 22.3 Å². The number of rotatable bonds is 5. The first-order valence-corrected chi connectivity index (χ1v) is 6.79. The number of aliphatic hydroxyl groups excluding tert-OH is 1. The first-order chi connectivity index (χ1) is 10.3. The van der Waals surface area contributed by atoms with Crippen molar-refractivity contribution in [1.82, 2.24) is 9.97 Å². The summed E-state index contributed by atoms with van der Waals surface area (Å²) in [5.74, 6) is 0.574. The van der Waals surface area contributed by atoms with Crippen LogP contribution in [-0.4, -0.2) is 28.2 Å². The van der Waals surface area contributed by atoms with Crippen molar-refractivity contribution in [2.75, 3.05) is 23.8 Å². The molecule has 0 aliphatic carbocycles. The zero-order valence-electron chi connectivity index (χ0n) is 11.5. The van der Waals surface area contributed by atoms with E-state index in [1.165, 1.54) is 0 Å². The van der Waals surface area contributed by atoms with Crippen molar-refractivity contribution in [3.63, 3.8) is 0 Å². The zero-order chi connectivity index (χ0) is 14.5. The van der Waals surface area contributed by atoms with Crippen LogP contribution in [0.5, 0.6) is 0 Å². The van der Waals surface area contributed by atoms with Crippen LogP contribution in [0.2, 0.25) is 0 Å². The first-order valence-electron chi connectivity index (χ1n) is 6.79. The Hall–Kier alpha value is -2.66. The molecule has 5 nitrogen and oxygen atoms in total. The number of fused-ring (bicyclic) bond motifs is 1. The van der Waals surface area contributed by atoms with E-state index in [1.807, 2.05) is 54.7 Å². The third-order valence-corrected chi connectivity index (χ3v) is 3.07. The van der Waals surface area contributed by atoms with Gasteiger partial charge in [-0.25, -0.2) is 9.97 Å². The van der Waals surface area contributed by atoms with Crippen molar-refractivity contribution >= 4 is 28.2 Å². The number of aliphatic hydroxyl groups is 1. The highest BCUT2D eigenvalue weighted by Gasteiger charge is 2.00. The summed E-state index contributed by atoms with van der Waals surface area (Å²) in [7, 11) is 0. The smallest absolute Gasteiger partial charge is 0.227 e. The summed E-state index contributed by atoms with van der Waals surface area (Å²) in [4.78, 5) is 8.77. The van der Waals surface area contributed by atoms with Gasteiger partial charge in [0.2, 0.25) is 5.95 Å². The first kappa shape index (κ1) is 13.3. The van der Waals surface area contributed by atoms with E-state index in [1.54, 1.807) is 0 Å². The van der Waals surface area contributed by atoms with E-state index in [9.17, 15) is 0 Å². The average molecular weight is 280 g/mol. The van der Waals surface area contributed by atoms with Gasteiger partial charge in [0.1, 0.15) is 0 Å². The largest absolute Gasteiger partial charge is 0.395 e. The molecule has 0 spiro atoms. The summed E-state index contributed by atoms with van der Waals surface area (Å²) in [6, 6.07) is 15.6. The van der Waals surface area contributed by atoms with Crippen LogP contribution < -0.4 is 10.6 Å². The molecule has 0 bridgehead atoms. The van der Waals surface area contributed by atoms with Gasteiger partial charge in [0.15, 0.2) is 0 Å². The van der Waals surface area contributed by atoms with E-state index in [0.29, 0.717) is 12.5 Å². The Bertz CT molecular complexity index is 728. The van der Waals surface area contributed by atoms with Crippen LogP contribution in [0.25, 0.3) is 10.9 Å². The van der Waals surface area contributed by atoms with Gasteiger partial charge in [-0.15, -0.1) is 0 Å². The topological polar surface area (TPSA) is 70.1 Å². The molecule has 3 aromatic rings. The molecule has 0 saturated heterocycles. The Morgan fingerprint density at radius 3 is 2.52 bits per heavy atom. The maximum Gasteiger partial charge on any atom is 0.227 e. The fraction of sp³-hybridized carbons (Fsp3) is 0.125. The second-order valence-corrected chi connectivity index (χ2v) is 4.61. The summed E-state index contributed by atoms with van der Waals surface area (Å²) < 4.78 is 0. The van der Waals surface area contributed by atoms with E-state index in [-0.39, 0.29) is 6.61 Å². The maximum atomic E-state index is 8.77. The SMILES string of the molecule is OCCNc1ccc(Nc2ncc3ccccc3n2)cc1. The van der Waals surface area contributed by atoms with Crippen molar-refractivity contribution in [3.05, 3.63) is 54.7 Å². The molecule has 2 aromatic carbocycles. The Kier molecular flexibility index (Phi) is 3.93. The lowest BCUT2D eigenvalue weighted by molar-refractivity contribution is 0.311. The highest BCUT2D eigenvalue weighted by Crippen LogP contribution is 2.18. The number of aromatic nitrogens is 2. The Morgan fingerprint density at radius 1 is 0.952 bits per heavy atom.